The van der Waals surface area contributed by atoms with Crippen molar-refractivity contribution in [3.05, 3.63) is 23.8 Å². The van der Waals surface area contributed by atoms with Crippen molar-refractivity contribution < 1.29 is 28.6 Å². The fraction of sp³-hybridized carbons (Fsp3) is 0.571. The number of fused-ring (bicyclic) bond motifs is 2. The molecule has 0 unspecified atom stereocenters. The van der Waals surface area contributed by atoms with Crippen molar-refractivity contribution in [1.29, 1.82) is 0 Å². The maximum absolute atomic E-state index is 12.3. The van der Waals surface area contributed by atoms with Crippen LogP contribution in [-0.4, -0.2) is 38.5 Å². The predicted molar refractivity (Wildman–Crippen MR) is 101 cm³/mol. The average Bonchev–Trinajstić information content (AvgIpc) is 2.69. The molecular weight excluding hydrogens is 362 g/mol. The van der Waals surface area contributed by atoms with Gasteiger partial charge in [-0.05, 0) is 43.4 Å². The Labute approximate surface area is 164 Å². The lowest BCUT2D eigenvalue weighted by Crippen LogP contribution is -2.40. The molecule has 1 aromatic rings. The van der Waals surface area contributed by atoms with Crippen LogP contribution in [0.5, 0.6) is 11.5 Å². The van der Waals surface area contributed by atoms with Crippen molar-refractivity contribution >= 4 is 17.7 Å². The molecule has 2 fully saturated rings. The quantitative estimate of drug-likeness (QED) is 0.720. The second-order valence-electron chi connectivity index (χ2n) is 7.47. The Bertz CT molecular complexity index is 730. The number of methoxy groups -OCH3 is 2. The summed E-state index contributed by atoms with van der Waals surface area (Å²) in [5.41, 5.74) is 0.843. The highest BCUT2D eigenvalue weighted by molar-refractivity contribution is 5.88. The fourth-order valence-electron chi connectivity index (χ4n) is 4.17. The first-order chi connectivity index (χ1) is 13.5. The summed E-state index contributed by atoms with van der Waals surface area (Å²) in [7, 11) is 3.11. The third kappa shape index (κ3) is 4.64. The number of rotatable bonds is 7. The molecular formula is C21H27NO6. The summed E-state index contributed by atoms with van der Waals surface area (Å²) in [5, 5.41) is 2.73. The van der Waals surface area contributed by atoms with Crippen LogP contribution < -0.4 is 14.8 Å². The van der Waals surface area contributed by atoms with Gasteiger partial charge in [0.1, 0.15) is 5.78 Å². The minimum atomic E-state index is -0.370. The van der Waals surface area contributed by atoms with Gasteiger partial charge in [0.15, 0.2) is 18.1 Å². The van der Waals surface area contributed by atoms with E-state index in [0.29, 0.717) is 36.7 Å². The fourth-order valence-corrected chi connectivity index (χ4v) is 4.17. The number of nitrogens with one attached hydrogen (secondary N) is 1. The Hall–Kier alpha value is -2.57. The van der Waals surface area contributed by atoms with E-state index in [9.17, 15) is 14.4 Å². The molecule has 0 radical (unpaired) electrons. The minimum Gasteiger partial charge on any atom is -0.493 e. The van der Waals surface area contributed by atoms with Gasteiger partial charge in [-0.3, -0.25) is 14.4 Å². The van der Waals surface area contributed by atoms with Crippen LogP contribution in [0.15, 0.2) is 18.2 Å². The molecule has 0 saturated heterocycles. The maximum atomic E-state index is 12.3. The zero-order valence-corrected chi connectivity index (χ0v) is 16.4. The monoisotopic (exact) mass is 389 g/mol. The first-order valence-corrected chi connectivity index (χ1v) is 9.69. The SMILES string of the molecule is COc1ccc(CNC(=O)COC(=O)C2C[C@H]3CCC[C@H](C2)C3=O)cc1OC. The molecule has 2 aliphatic rings. The van der Waals surface area contributed by atoms with E-state index in [1.807, 2.05) is 6.07 Å². The zero-order valence-electron chi connectivity index (χ0n) is 16.4. The van der Waals surface area contributed by atoms with Crippen molar-refractivity contribution in [3.63, 3.8) is 0 Å². The highest BCUT2D eigenvalue weighted by atomic mass is 16.5. The van der Waals surface area contributed by atoms with E-state index in [4.69, 9.17) is 14.2 Å². The van der Waals surface area contributed by atoms with Gasteiger partial charge in [0.05, 0.1) is 20.1 Å². The van der Waals surface area contributed by atoms with E-state index in [1.165, 1.54) is 0 Å². The Morgan fingerprint density at radius 1 is 1.07 bits per heavy atom. The number of benzene rings is 1. The van der Waals surface area contributed by atoms with Gasteiger partial charge in [-0.1, -0.05) is 12.5 Å². The molecule has 152 valence electrons. The molecule has 1 amide bonds. The number of carbonyl (C=O) groups is 3. The molecule has 2 atom stereocenters. The molecule has 1 aromatic carbocycles. The van der Waals surface area contributed by atoms with Crippen molar-refractivity contribution in [2.45, 2.75) is 38.6 Å². The normalized spacial score (nSPS) is 23.6. The van der Waals surface area contributed by atoms with Gasteiger partial charge in [-0.15, -0.1) is 0 Å². The van der Waals surface area contributed by atoms with Crippen molar-refractivity contribution in [2.24, 2.45) is 17.8 Å². The van der Waals surface area contributed by atoms with Crippen molar-refractivity contribution in [3.8, 4) is 11.5 Å². The third-order valence-corrected chi connectivity index (χ3v) is 5.66. The zero-order chi connectivity index (χ0) is 20.1. The molecule has 2 aliphatic carbocycles. The molecule has 0 aliphatic heterocycles. The van der Waals surface area contributed by atoms with Gasteiger partial charge in [0.2, 0.25) is 0 Å². The van der Waals surface area contributed by atoms with Gasteiger partial charge >= 0.3 is 5.97 Å². The second kappa shape index (κ2) is 9.08. The molecule has 1 N–H and O–H groups in total. The summed E-state index contributed by atoms with van der Waals surface area (Å²) < 4.78 is 15.6. The van der Waals surface area contributed by atoms with Gasteiger partial charge in [0.25, 0.3) is 5.91 Å². The lowest BCUT2D eigenvalue weighted by atomic mass is 9.67. The number of hydrogen-bond acceptors (Lipinski definition) is 6. The molecule has 2 saturated carbocycles. The summed E-state index contributed by atoms with van der Waals surface area (Å²) in [4.78, 5) is 36.5. The predicted octanol–water partition coefficient (Wildman–Crippen LogP) is 2.26. The standard InChI is InChI=1S/C21H27NO6/c1-26-17-7-6-13(8-18(17)27-2)11-22-19(23)12-28-21(25)16-9-14-4-3-5-15(10-16)20(14)24/h6-8,14-16H,3-5,9-12H2,1-2H3,(H,22,23)/t14-,15-/m1/s1. The lowest BCUT2D eigenvalue weighted by Gasteiger charge is -2.36. The highest BCUT2D eigenvalue weighted by Crippen LogP contribution is 2.40. The Kier molecular flexibility index (Phi) is 6.54. The molecule has 3 rings (SSSR count). The molecule has 2 bridgehead atoms. The number of ketones is 1. The van der Waals surface area contributed by atoms with E-state index >= 15 is 0 Å². The number of carbonyl (C=O) groups excluding carboxylic acids is 3. The smallest absolute Gasteiger partial charge is 0.309 e. The van der Waals surface area contributed by atoms with Crippen molar-refractivity contribution in [2.75, 3.05) is 20.8 Å². The van der Waals surface area contributed by atoms with Crippen LogP contribution in [-0.2, 0) is 25.7 Å². The van der Waals surface area contributed by atoms with Crippen LogP contribution in [0.1, 0.15) is 37.7 Å². The van der Waals surface area contributed by atoms with Crippen LogP contribution in [0, 0.1) is 17.8 Å². The topological polar surface area (TPSA) is 90.9 Å². The molecule has 7 nitrogen and oxygen atoms in total. The molecule has 0 heterocycles. The van der Waals surface area contributed by atoms with Crippen molar-refractivity contribution in [1.82, 2.24) is 5.32 Å². The van der Waals surface area contributed by atoms with Crippen LogP contribution in [0.2, 0.25) is 0 Å². The molecule has 7 heteroatoms. The van der Waals surface area contributed by atoms with E-state index < -0.39 is 0 Å². The minimum absolute atomic E-state index is 0.0103. The average molecular weight is 389 g/mol. The molecule has 0 aromatic heterocycles. The Balaban J connectivity index is 1.44. The maximum Gasteiger partial charge on any atom is 0.309 e. The Morgan fingerprint density at radius 3 is 2.39 bits per heavy atom. The molecule has 28 heavy (non-hydrogen) atoms. The summed E-state index contributed by atoms with van der Waals surface area (Å²) in [6.07, 6.45) is 3.90. The summed E-state index contributed by atoms with van der Waals surface area (Å²) in [6, 6.07) is 5.37. The number of esters is 1. The van der Waals surface area contributed by atoms with E-state index in [0.717, 1.165) is 24.8 Å². The second-order valence-corrected chi connectivity index (χ2v) is 7.47. The number of ether oxygens (including phenoxy) is 3. The number of amides is 1. The van der Waals surface area contributed by atoms with E-state index in [2.05, 4.69) is 5.32 Å². The van der Waals surface area contributed by atoms with Crippen LogP contribution >= 0.6 is 0 Å². The van der Waals surface area contributed by atoms with Gasteiger partial charge < -0.3 is 19.5 Å². The third-order valence-electron chi connectivity index (χ3n) is 5.66. The number of Topliss-reactive ketones (excluding diaryl/α,β-unsaturated/α-hetero) is 1. The highest BCUT2D eigenvalue weighted by Gasteiger charge is 2.41. The van der Waals surface area contributed by atoms with Crippen LogP contribution in [0.25, 0.3) is 0 Å². The summed E-state index contributed by atoms with van der Waals surface area (Å²) in [6.45, 7) is -0.0231. The molecule has 0 spiro atoms. The van der Waals surface area contributed by atoms with Crippen LogP contribution in [0.3, 0.4) is 0 Å². The van der Waals surface area contributed by atoms with Gasteiger partial charge in [-0.2, -0.15) is 0 Å². The van der Waals surface area contributed by atoms with Crippen LogP contribution in [0.4, 0.5) is 0 Å². The largest absolute Gasteiger partial charge is 0.493 e. The first kappa shape index (κ1) is 20.2. The first-order valence-electron chi connectivity index (χ1n) is 9.69. The number of hydrogen-bond donors (Lipinski definition) is 1. The van der Waals surface area contributed by atoms with E-state index in [-0.39, 0.29) is 36.2 Å². The lowest BCUT2D eigenvalue weighted by molar-refractivity contribution is -0.156. The van der Waals surface area contributed by atoms with E-state index in [1.54, 1.807) is 26.4 Å². The summed E-state index contributed by atoms with van der Waals surface area (Å²) >= 11 is 0. The van der Waals surface area contributed by atoms with Gasteiger partial charge in [-0.25, -0.2) is 0 Å². The van der Waals surface area contributed by atoms with Gasteiger partial charge in [0, 0.05) is 18.4 Å². The summed E-state index contributed by atoms with van der Waals surface area (Å²) in [5.74, 6) is 0.476. The Morgan fingerprint density at radius 2 is 1.75 bits per heavy atom.